The number of furan rings is 1. The van der Waals surface area contributed by atoms with E-state index in [9.17, 15) is 18.0 Å². The van der Waals surface area contributed by atoms with E-state index in [-0.39, 0.29) is 11.5 Å². The molecule has 0 fully saturated rings. The number of carbonyl (C=O) groups excluding carboxylic acids is 2. The quantitative estimate of drug-likeness (QED) is 0.522. The zero-order valence-corrected chi connectivity index (χ0v) is 16.3. The summed E-state index contributed by atoms with van der Waals surface area (Å²) in [6, 6.07) is 7.81. The number of aryl methyl sites for hydroxylation is 1. The number of carbonyl (C=O) groups is 2. The van der Waals surface area contributed by atoms with E-state index in [4.69, 9.17) is 9.15 Å². The SMILES string of the molecule is CS(=O)(=O)N1CCCc2cc(C(=O)COC(=O)c3ccc(Br)o3)ccc21. The van der Waals surface area contributed by atoms with Crippen LogP contribution in [0.1, 0.15) is 32.9 Å². The Kier molecular flexibility index (Phi) is 5.19. The molecule has 3 rings (SSSR count). The molecule has 9 heteroatoms. The smallest absolute Gasteiger partial charge is 0.374 e. The Labute approximate surface area is 159 Å². The number of benzene rings is 1. The highest BCUT2D eigenvalue weighted by Gasteiger charge is 2.25. The first-order chi connectivity index (χ1) is 12.3. The van der Waals surface area contributed by atoms with Crippen LogP contribution in [-0.2, 0) is 21.2 Å². The van der Waals surface area contributed by atoms with Gasteiger partial charge in [-0.2, -0.15) is 0 Å². The predicted octanol–water partition coefficient (Wildman–Crippen LogP) is 2.79. The lowest BCUT2D eigenvalue weighted by Gasteiger charge is -2.29. The Morgan fingerprint density at radius 1 is 1.27 bits per heavy atom. The van der Waals surface area contributed by atoms with Crippen LogP contribution in [-0.4, -0.2) is 39.6 Å². The molecule has 1 aliphatic rings. The van der Waals surface area contributed by atoms with Gasteiger partial charge in [-0.15, -0.1) is 0 Å². The molecule has 0 saturated heterocycles. The number of nitrogens with zero attached hydrogens (tertiary/aromatic N) is 1. The molecule has 0 bridgehead atoms. The van der Waals surface area contributed by atoms with E-state index < -0.39 is 22.6 Å². The summed E-state index contributed by atoms with van der Waals surface area (Å²) >= 11 is 3.08. The number of anilines is 1. The Morgan fingerprint density at radius 3 is 2.69 bits per heavy atom. The maximum Gasteiger partial charge on any atom is 0.374 e. The third-order valence-corrected chi connectivity index (χ3v) is 5.59. The number of esters is 1. The summed E-state index contributed by atoms with van der Waals surface area (Å²) in [4.78, 5) is 24.1. The normalized spacial score (nSPS) is 14.0. The van der Waals surface area contributed by atoms with E-state index in [0.717, 1.165) is 11.8 Å². The minimum atomic E-state index is -3.36. The molecule has 7 nitrogen and oxygen atoms in total. The van der Waals surface area contributed by atoms with Crippen LogP contribution in [0.4, 0.5) is 5.69 Å². The minimum Gasteiger partial charge on any atom is -0.451 e. The van der Waals surface area contributed by atoms with Gasteiger partial charge in [0.2, 0.25) is 15.8 Å². The molecule has 1 aromatic carbocycles. The largest absolute Gasteiger partial charge is 0.451 e. The Bertz CT molecular complexity index is 965. The molecule has 1 aromatic heterocycles. The topological polar surface area (TPSA) is 93.9 Å². The van der Waals surface area contributed by atoms with Gasteiger partial charge in [0.05, 0.1) is 11.9 Å². The first-order valence-electron chi connectivity index (χ1n) is 7.82. The highest BCUT2D eigenvalue weighted by molar-refractivity contribution is 9.10. The fourth-order valence-electron chi connectivity index (χ4n) is 2.79. The van der Waals surface area contributed by atoms with E-state index in [1.54, 1.807) is 24.3 Å². The standard InChI is InChI=1S/C17H16BrNO6S/c1-26(22,23)19-8-2-3-11-9-12(4-5-13(11)19)14(20)10-24-17(21)15-6-7-16(18)25-15/h4-7,9H,2-3,8,10H2,1H3. The van der Waals surface area contributed by atoms with Gasteiger partial charge in [0.25, 0.3) is 0 Å². The second-order valence-electron chi connectivity index (χ2n) is 5.89. The molecular weight excluding hydrogens is 426 g/mol. The van der Waals surface area contributed by atoms with Crippen molar-refractivity contribution in [1.29, 1.82) is 0 Å². The van der Waals surface area contributed by atoms with Crippen LogP contribution in [0.15, 0.2) is 39.4 Å². The predicted molar refractivity (Wildman–Crippen MR) is 98.0 cm³/mol. The van der Waals surface area contributed by atoms with Crippen LogP contribution in [0.5, 0.6) is 0 Å². The van der Waals surface area contributed by atoms with E-state index in [1.807, 2.05) is 0 Å². The number of ketones is 1. The van der Waals surface area contributed by atoms with Gasteiger partial charge in [-0.3, -0.25) is 9.10 Å². The van der Waals surface area contributed by atoms with Crippen molar-refractivity contribution in [2.75, 3.05) is 23.7 Å². The second-order valence-corrected chi connectivity index (χ2v) is 8.57. The number of Topliss-reactive ketones (excluding diaryl/α,β-unsaturated/α-hetero) is 1. The molecule has 0 unspecified atom stereocenters. The molecule has 2 aromatic rings. The number of hydrogen-bond acceptors (Lipinski definition) is 6. The lowest BCUT2D eigenvalue weighted by molar-refractivity contribution is 0.0442. The molecule has 138 valence electrons. The van der Waals surface area contributed by atoms with Gasteiger partial charge in [-0.1, -0.05) is 0 Å². The highest BCUT2D eigenvalue weighted by atomic mass is 79.9. The van der Waals surface area contributed by atoms with Crippen LogP contribution in [0.3, 0.4) is 0 Å². The van der Waals surface area contributed by atoms with Crippen LogP contribution >= 0.6 is 15.9 Å². The Hall–Kier alpha value is -2.13. The summed E-state index contributed by atoms with van der Waals surface area (Å²) in [5.74, 6) is -1.10. The van der Waals surface area contributed by atoms with Crippen LogP contribution in [0.2, 0.25) is 0 Å². The summed E-state index contributed by atoms with van der Waals surface area (Å²) in [6.45, 7) is 0.00117. The van der Waals surface area contributed by atoms with Crippen LogP contribution in [0.25, 0.3) is 0 Å². The van der Waals surface area contributed by atoms with E-state index in [0.29, 0.717) is 35.3 Å². The van der Waals surface area contributed by atoms with E-state index in [2.05, 4.69) is 15.9 Å². The molecule has 1 aliphatic heterocycles. The molecule has 0 aliphatic carbocycles. The van der Waals surface area contributed by atoms with Crippen molar-refractivity contribution in [2.24, 2.45) is 0 Å². The molecule has 2 heterocycles. The van der Waals surface area contributed by atoms with Gasteiger partial charge in [0, 0.05) is 12.1 Å². The molecule has 0 saturated carbocycles. The maximum atomic E-state index is 12.3. The molecule has 0 radical (unpaired) electrons. The Morgan fingerprint density at radius 2 is 2.04 bits per heavy atom. The molecule has 26 heavy (non-hydrogen) atoms. The van der Waals surface area contributed by atoms with Crippen molar-refractivity contribution in [1.82, 2.24) is 0 Å². The van der Waals surface area contributed by atoms with Crippen LogP contribution in [0, 0.1) is 0 Å². The molecular formula is C17H16BrNO6S. The monoisotopic (exact) mass is 441 g/mol. The van der Waals surface area contributed by atoms with Crippen molar-refractivity contribution in [3.63, 3.8) is 0 Å². The summed E-state index contributed by atoms with van der Waals surface area (Å²) in [6.07, 6.45) is 2.52. The van der Waals surface area contributed by atoms with Gasteiger partial charge >= 0.3 is 5.97 Å². The molecule has 0 spiro atoms. The van der Waals surface area contributed by atoms with Gasteiger partial charge in [0.1, 0.15) is 0 Å². The third kappa shape index (κ3) is 3.99. The summed E-state index contributed by atoms with van der Waals surface area (Å²) < 4.78 is 35.5. The maximum absolute atomic E-state index is 12.3. The van der Waals surface area contributed by atoms with Crippen molar-refractivity contribution >= 4 is 43.4 Å². The number of rotatable bonds is 5. The van der Waals surface area contributed by atoms with Crippen molar-refractivity contribution < 1.29 is 27.2 Å². The lowest BCUT2D eigenvalue weighted by atomic mass is 9.99. The second kappa shape index (κ2) is 7.24. The van der Waals surface area contributed by atoms with Gasteiger partial charge in [0.15, 0.2) is 17.1 Å². The van der Waals surface area contributed by atoms with Crippen molar-refractivity contribution in [2.45, 2.75) is 12.8 Å². The lowest BCUT2D eigenvalue weighted by Crippen LogP contribution is -2.34. The van der Waals surface area contributed by atoms with Gasteiger partial charge < -0.3 is 9.15 Å². The first-order valence-corrected chi connectivity index (χ1v) is 10.5. The summed E-state index contributed by atoms with van der Waals surface area (Å²) in [5, 5.41) is 0. The average molecular weight is 442 g/mol. The van der Waals surface area contributed by atoms with Crippen LogP contribution < -0.4 is 4.31 Å². The minimum absolute atomic E-state index is 0.00101. The van der Waals surface area contributed by atoms with Gasteiger partial charge in [-0.05, 0) is 64.7 Å². The Balaban J connectivity index is 1.72. The van der Waals surface area contributed by atoms with E-state index in [1.165, 1.54) is 10.4 Å². The number of sulfonamides is 1. The number of ether oxygens (including phenoxy) is 1. The highest BCUT2D eigenvalue weighted by Crippen LogP contribution is 2.30. The zero-order chi connectivity index (χ0) is 18.9. The average Bonchev–Trinajstić information content (AvgIpc) is 3.04. The fourth-order valence-corrected chi connectivity index (χ4v) is 4.09. The van der Waals surface area contributed by atoms with Gasteiger partial charge in [-0.25, -0.2) is 13.2 Å². The number of fused-ring (bicyclic) bond motifs is 1. The molecule has 0 amide bonds. The number of halogens is 1. The summed E-state index contributed by atoms with van der Waals surface area (Å²) in [7, 11) is -3.36. The van der Waals surface area contributed by atoms with Crippen molar-refractivity contribution in [3.8, 4) is 0 Å². The number of hydrogen-bond donors (Lipinski definition) is 0. The third-order valence-electron chi connectivity index (χ3n) is 3.99. The molecule has 0 N–H and O–H groups in total. The van der Waals surface area contributed by atoms with E-state index >= 15 is 0 Å². The molecule has 0 atom stereocenters. The zero-order valence-electron chi connectivity index (χ0n) is 13.9. The van der Waals surface area contributed by atoms with Crippen molar-refractivity contribution in [3.05, 3.63) is 51.9 Å². The first kappa shape index (κ1) is 18.7. The summed E-state index contributed by atoms with van der Waals surface area (Å²) in [5.41, 5.74) is 1.74. The fraction of sp³-hybridized carbons (Fsp3) is 0.294.